The fourth-order valence-electron chi connectivity index (χ4n) is 2.88. The van der Waals surface area contributed by atoms with Crippen molar-refractivity contribution in [2.45, 2.75) is 18.4 Å². The standard InChI is InChI=1S/C23H24N2O4S/c1-18-7-6-10-20(15-18)24-23(26)17-29-21-11-13-22(14-12-21)30(27,28)25(2)16-19-8-4-3-5-9-19/h3-15H,16-17H2,1-2H3,(H,24,26). The van der Waals surface area contributed by atoms with Gasteiger partial charge in [-0.15, -0.1) is 0 Å². The maximum absolute atomic E-state index is 12.8. The number of carbonyl (C=O) groups excluding carboxylic acids is 1. The molecule has 0 heterocycles. The molecule has 0 saturated heterocycles. The van der Waals surface area contributed by atoms with Crippen molar-refractivity contribution >= 4 is 21.6 Å². The van der Waals surface area contributed by atoms with E-state index in [-0.39, 0.29) is 24.0 Å². The van der Waals surface area contributed by atoms with Crippen LogP contribution in [-0.4, -0.2) is 32.3 Å². The van der Waals surface area contributed by atoms with Gasteiger partial charge in [-0.3, -0.25) is 4.79 Å². The lowest BCUT2D eigenvalue weighted by molar-refractivity contribution is -0.118. The van der Waals surface area contributed by atoms with E-state index in [1.807, 2.05) is 55.5 Å². The number of anilines is 1. The number of amides is 1. The van der Waals surface area contributed by atoms with Crippen LogP contribution in [0.4, 0.5) is 5.69 Å². The summed E-state index contributed by atoms with van der Waals surface area (Å²) in [6, 6.07) is 22.9. The van der Waals surface area contributed by atoms with Gasteiger partial charge in [-0.25, -0.2) is 8.42 Å². The molecule has 3 aromatic rings. The molecule has 0 spiro atoms. The molecular weight excluding hydrogens is 400 g/mol. The lowest BCUT2D eigenvalue weighted by Crippen LogP contribution is -2.26. The number of rotatable bonds is 8. The van der Waals surface area contributed by atoms with E-state index in [2.05, 4.69) is 5.32 Å². The Labute approximate surface area is 177 Å². The van der Waals surface area contributed by atoms with Gasteiger partial charge < -0.3 is 10.1 Å². The van der Waals surface area contributed by atoms with Crippen molar-refractivity contribution in [2.24, 2.45) is 0 Å². The number of ether oxygens (including phenoxy) is 1. The van der Waals surface area contributed by atoms with Gasteiger partial charge in [0.2, 0.25) is 10.0 Å². The summed E-state index contributed by atoms with van der Waals surface area (Å²) in [7, 11) is -2.09. The van der Waals surface area contributed by atoms with E-state index in [9.17, 15) is 13.2 Å². The van der Waals surface area contributed by atoms with Crippen molar-refractivity contribution in [3.8, 4) is 5.75 Å². The van der Waals surface area contributed by atoms with E-state index in [0.717, 1.165) is 11.1 Å². The van der Waals surface area contributed by atoms with Crippen molar-refractivity contribution in [1.29, 1.82) is 0 Å². The van der Waals surface area contributed by atoms with E-state index in [1.165, 1.54) is 16.4 Å². The maximum atomic E-state index is 12.8. The highest BCUT2D eigenvalue weighted by Crippen LogP contribution is 2.20. The van der Waals surface area contributed by atoms with Crippen molar-refractivity contribution in [2.75, 3.05) is 19.0 Å². The zero-order valence-corrected chi connectivity index (χ0v) is 17.7. The average Bonchev–Trinajstić information content (AvgIpc) is 2.73. The molecule has 0 aliphatic heterocycles. The maximum Gasteiger partial charge on any atom is 0.262 e. The van der Waals surface area contributed by atoms with E-state index in [4.69, 9.17) is 4.74 Å². The van der Waals surface area contributed by atoms with Crippen LogP contribution < -0.4 is 10.1 Å². The predicted octanol–water partition coefficient (Wildman–Crippen LogP) is 3.83. The molecular formula is C23H24N2O4S. The van der Waals surface area contributed by atoms with Crippen molar-refractivity contribution in [3.63, 3.8) is 0 Å². The highest BCUT2D eigenvalue weighted by atomic mass is 32.2. The first kappa shape index (κ1) is 21.5. The van der Waals surface area contributed by atoms with Crippen LogP contribution in [0.5, 0.6) is 5.75 Å². The fraction of sp³-hybridized carbons (Fsp3) is 0.174. The lowest BCUT2D eigenvalue weighted by atomic mass is 10.2. The van der Waals surface area contributed by atoms with Crippen LogP contribution in [0, 0.1) is 6.92 Å². The van der Waals surface area contributed by atoms with Crippen LogP contribution in [0.2, 0.25) is 0 Å². The normalized spacial score (nSPS) is 11.3. The fourth-order valence-corrected chi connectivity index (χ4v) is 4.04. The molecule has 156 valence electrons. The number of aryl methyl sites for hydroxylation is 1. The third-order valence-corrected chi connectivity index (χ3v) is 6.27. The third-order valence-electron chi connectivity index (χ3n) is 4.45. The first-order valence-electron chi connectivity index (χ1n) is 9.44. The second-order valence-electron chi connectivity index (χ2n) is 6.92. The Morgan fingerprint density at radius 2 is 1.67 bits per heavy atom. The summed E-state index contributed by atoms with van der Waals surface area (Å²) in [4.78, 5) is 12.2. The van der Waals surface area contributed by atoms with Crippen LogP contribution in [0.15, 0.2) is 83.8 Å². The monoisotopic (exact) mass is 424 g/mol. The van der Waals surface area contributed by atoms with Gasteiger partial charge in [-0.05, 0) is 54.4 Å². The number of nitrogens with one attached hydrogen (secondary N) is 1. The zero-order valence-electron chi connectivity index (χ0n) is 16.9. The molecule has 6 nitrogen and oxygen atoms in total. The molecule has 0 fully saturated rings. The van der Waals surface area contributed by atoms with Crippen molar-refractivity contribution < 1.29 is 17.9 Å². The Bertz CT molecular complexity index is 1100. The lowest BCUT2D eigenvalue weighted by Gasteiger charge is -2.17. The molecule has 0 unspecified atom stereocenters. The van der Waals surface area contributed by atoms with Gasteiger partial charge in [0.25, 0.3) is 5.91 Å². The highest BCUT2D eigenvalue weighted by Gasteiger charge is 2.21. The third kappa shape index (κ3) is 5.68. The van der Waals surface area contributed by atoms with Gasteiger partial charge >= 0.3 is 0 Å². The Morgan fingerprint density at radius 3 is 2.33 bits per heavy atom. The molecule has 3 rings (SSSR count). The second-order valence-corrected chi connectivity index (χ2v) is 8.97. The minimum atomic E-state index is -3.63. The first-order valence-corrected chi connectivity index (χ1v) is 10.9. The highest BCUT2D eigenvalue weighted by molar-refractivity contribution is 7.89. The van der Waals surface area contributed by atoms with E-state index >= 15 is 0 Å². The number of sulfonamides is 1. The molecule has 7 heteroatoms. The van der Waals surface area contributed by atoms with Crippen LogP contribution in [0.25, 0.3) is 0 Å². The van der Waals surface area contributed by atoms with E-state index in [0.29, 0.717) is 11.4 Å². The van der Waals surface area contributed by atoms with Crippen LogP contribution in [0.3, 0.4) is 0 Å². The second kappa shape index (κ2) is 9.56. The largest absolute Gasteiger partial charge is 0.484 e. The topological polar surface area (TPSA) is 75.7 Å². The first-order chi connectivity index (χ1) is 14.3. The molecule has 0 atom stereocenters. The predicted molar refractivity (Wildman–Crippen MR) is 117 cm³/mol. The molecule has 0 radical (unpaired) electrons. The molecule has 1 N–H and O–H groups in total. The molecule has 1 amide bonds. The molecule has 30 heavy (non-hydrogen) atoms. The summed E-state index contributed by atoms with van der Waals surface area (Å²) in [6.45, 7) is 2.05. The van der Waals surface area contributed by atoms with Crippen LogP contribution >= 0.6 is 0 Å². The van der Waals surface area contributed by atoms with Gasteiger partial charge in [0, 0.05) is 19.3 Å². The molecule has 0 aromatic heterocycles. The van der Waals surface area contributed by atoms with Crippen molar-refractivity contribution in [3.05, 3.63) is 90.0 Å². The van der Waals surface area contributed by atoms with Gasteiger partial charge in [0.05, 0.1) is 4.90 Å². The van der Waals surface area contributed by atoms with Crippen LogP contribution in [0.1, 0.15) is 11.1 Å². The van der Waals surface area contributed by atoms with Crippen molar-refractivity contribution in [1.82, 2.24) is 4.31 Å². The smallest absolute Gasteiger partial charge is 0.262 e. The molecule has 0 saturated carbocycles. The summed E-state index contributed by atoms with van der Waals surface area (Å²) >= 11 is 0. The van der Waals surface area contributed by atoms with Crippen LogP contribution in [-0.2, 0) is 21.4 Å². The summed E-state index contributed by atoms with van der Waals surface area (Å²) in [5.41, 5.74) is 2.65. The minimum absolute atomic E-state index is 0.164. The number of nitrogens with zero attached hydrogens (tertiary/aromatic N) is 1. The Morgan fingerprint density at radius 1 is 0.967 bits per heavy atom. The molecule has 0 aliphatic rings. The number of carbonyl (C=O) groups is 1. The molecule has 0 bridgehead atoms. The minimum Gasteiger partial charge on any atom is -0.484 e. The molecule has 0 aliphatic carbocycles. The Hall–Kier alpha value is -3.16. The summed E-state index contributed by atoms with van der Waals surface area (Å²) < 4.78 is 32.3. The SMILES string of the molecule is Cc1cccc(NC(=O)COc2ccc(S(=O)(=O)N(C)Cc3ccccc3)cc2)c1. The summed E-state index contributed by atoms with van der Waals surface area (Å²) in [5, 5.41) is 2.76. The Kier molecular flexibility index (Phi) is 6.87. The average molecular weight is 425 g/mol. The molecule has 3 aromatic carbocycles. The number of hydrogen-bond donors (Lipinski definition) is 1. The number of hydrogen-bond acceptors (Lipinski definition) is 4. The zero-order chi connectivity index (χ0) is 21.6. The quantitative estimate of drug-likeness (QED) is 0.596. The van der Waals surface area contributed by atoms with E-state index < -0.39 is 10.0 Å². The number of benzene rings is 3. The van der Waals surface area contributed by atoms with Gasteiger partial charge in [-0.1, -0.05) is 42.5 Å². The van der Waals surface area contributed by atoms with Gasteiger partial charge in [0.15, 0.2) is 6.61 Å². The summed E-state index contributed by atoms with van der Waals surface area (Å²) in [6.07, 6.45) is 0. The van der Waals surface area contributed by atoms with E-state index in [1.54, 1.807) is 25.2 Å². The summed E-state index contributed by atoms with van der Waals surface area (Å²) in [5.74, 6) is 0.124. The van der Waals surface area contributed by atoms with Gasteiger partial charge in [0.1, 0.15) is 5.75 Å². The van der Waals surface area contributed by atoms with Gasteiger partial charge in [-0.2, -0.15) is 4.31 Å². The Balaban J connectivity index is 1.58.